The van der Waals surface area contributed by atoms with E-state index in [4.69, 9.17) is 4.74 Å². The summed E-state index contributed by atoms with van der Waals surface area (Å²) >= 11 is 0. The van der Waals surface area contributed by atoms with Crippen molar-refractivity contribution in [3.05, 3.63) is 70.4 Å². The van der Waals surface area contributed by atoms with Crippen molar-refractivity contribution in [3.63, 3.8) is 0 Å². The van der Waals surface area contributed by atoms with Crippen LogP contribution in [0.3, 0.4) is 0 Å². The first-order valence-electron chi connectivity index (χ1n) is 9.43. The number of benzene rings is 2. The van der Waals surface area contributed by atoms with Crippen molar-refractivity contribution in [1.29, 1.82) is 0 Å². The summed E-state index contributed by atoms with van der Waals surface area (Å²) in [4.78, 5) is 18.1. The van der Waals surface area contributed by atoms with Crippen LogP contribution in [0.5, 0.6) is 5.75 Å². The lowest BCUT2D eigenvalue weighted by Gasteiger charge is -2.21. The average molecular weight is 447 g/mol. The zero-order chi connectivity index (χ0) is 23.5. The molecule has 0 saturated heterocycles. The van der Waals surface area contributed by atoms with Crippen molar-refractivity contribution in [2.75, 3.05) is 10.6 Å². The second-order valence-electron chi connectivity index (χ2n) is 7.72. The van der Waals surface area contributed by atoms with Crippen LogP contribution < -0.4 is 15.4 Å². The fourth-order valence-corrected chi connectivity index (χ4v) is 2.70. The molecule has 0 aliphatic rings. The molecule has 168 valence electrons. The monoisotopic (exact) mass is 447 g/mol. The predicted molar refractivity (Wildman–Crippen MR) is 114 cm³/mol. The molecule has 0 spiro atoms. The Morgan fingerprint density at radius 2 is 1.66 bits per heavy atom. The number of anilines is 4. The highest BCUT2D eigenvalue weighted by atomic mass is 19.4. The number of rotatable bonds is 6. The number of halogens is 3. The van der Waals surface area contributed by atoms with Crippen LogP contribution in [-0.2, 0) is 6.18 Å². The average Bonchev–Trinajstić information content (AvgIpc) is 2.68. The van der Waals surface area contributed by atoms with Gasteiger partial charge < -0.3 is 15.4 Å². The molecule has 0 atom stereocenters. The van der Waals surface area contributed by atoms with Crippen molar-refractivity contribution in [1.82, 2.24) is 9.97 Å². The number of ether oxygens (including phenoxy) is 1. The molecule has 0 unspecified atom stereocenters. The molecule has 1 heterocycles. The van der Waals surface area contributed by atoms with Gasteiger partial charge in [-0.15, -0.1) is 0 Å². The van der Waals surface area contributed by atoms with Crippen molar-refractivity contribution >= 4 is 28.8 Å². The molecule has 0 fully saturated rings. The Bertz CT molecular complexity index is 1110. The molecule has 0 radical (unpaired) electrons. The van der Waals surface area contributed by atoms with Crippen molar-refractivity contribution in [2.45, 2.75) is 32.5 Å². The highest BCUT2D eigenvalue weighted by Gasteiger charge is 2.36. The zero-order valence-corrected chi connectivity index (χ0v) is 17.4. The van der Waals surface area contributed by atoms with E-state index in [9.17, 15) is 23.3 Å². The van der Waals surface area contributed by atoms with Crippen LogP contribution in [0, 0.1) is 10.1 Å². The lowest BCUT2D eigenvalue weighted by atomic mass is 10.2. The summed E-state index contributed by atoms with van der Waals surface area (Å²) in [6.07, 6.45) is -4.15. The van der Waals surface area contributed by atoms with E-state index in [1.165, 1.54) is 24.3 Å². The standard InChI is InChI=1S/C21H20F3N5O3/c1-20(2,3)32-14-10-8-13(9-11-14)26-19-25-12-15(21(22,23)24)18(28-19)27-16-6-4-5-7-17(16)29(30)31/h4-12H,1-3H3,(H2,25,26,27,28). The first kappa shape index (κ1) is 22.8. The van der Waals surface area contributed by atoms with Crippen molar-refractivity contribution < 1.29 is 22.8 Å². The minimum absolute atomic E-state index is 0.122. The number of hydrogen-bond acceptors (Lipinski definition) is 7. The molecule has 0 amide bonds. The van der Waals surface area contributed by atoms with Crippen LogP contribution >= 0.6 is 0 Å². The Kier molecular flexibility index (Phi) is 6.19. The van der Waals surface area contributed by atoms with Crippen LogP contribution in [0.15, 0.2) is 54.7 Å². The molecular formula is C21H20F3N5O3. The Morgan fingerprint density at radius 3 is 2.25 bits per heavy atom. The Morgan fingerprint density at radius 1 is 1.00 bits per heavy atom. The lowest BCUT2D eigenvalue weighted by Crippen LogP contribution is -2.22. The van der Waals surface area contributed by atoms with Gasteiger partial charge in [0.05, 0.1) is 4.92 Å². The first-order valence-corrected chi connectivity index (χ1v) is 9.43. The molecule has 0 saturated carbocycles. The van der Waals surface area contributed by atoms with Gasteiger partial charge >= 0.3 is 6.18 Å². The summed E-state index contributed by atoms with van der Waals surface area (Å²) in [7, 11) is 0. The Hall–Kier alpha value is -3.89. The number of aromatic nitrogens is 2. The number of nitrogens with one attached hydrogen (secondary N) is 2. The third kappa shape index (κ3) is 5.84. The number of nitro groups is 1. The molecule has 32 heavy (non-hydrogen) atoms. The number of para-hydroxylation sites is 2. The first-order chi connectivity index (χ1) is 14.9. The molecule has 2 N–H and O–H groups in total. The van der Waals surface area contributed by atoms with E-state index in [1.54, 1.807) is 24.3 Å². The third-order valence-corrected chi connectivity index (χ3v) is 3.98. The number of hydrogen-bond donors (Lipinski definition) is 2. The highest BCUT2D eigenvalue weighted by molar-refractivity contribution is 5.70. The van der Waals surface area contributed by atoms with Crippen LogP contribution in [0.4, 0.5) is 42.0 Å². The fraction of sp³-hybridized carbons (Fsp3) is 0.238. The quantitative estimate of drug-likeness (QED) is 0.349. The number of nitrogens with zero attached hydrogens (tertiary/aromatic N) is 3. The molecule has 0 aliphatic carbocycles. The van der Waals surface area contributed by atoms with E-state index in [2.05, 4.69) is 20.6 Å². The van der Waals surface area contributed by atoms with Crippen molar-refractivity contribution in [3.8, 4) is 5.75 Å². The van der Waals surface area contributed by atoms with Gasteiger partial charge in [-0.3, -0.25) is 10.1 Å². The van der Waals surface area contributed by atoms with Gasteiger partial charge in [0.1, 0.15) is 28.4 Å². The SMILES string of the molecule is CC(C)(C)Oc1ccc(Nc2ncc(C(F)(F)F)c(Nc3ccccc3[N+](=O)[O-])n2)cc1. The maximum absolute atomic E-state index is 13.5. The molecule has 3 aromatic rings. The number of nitro benzene ring substituents is 1. The lowest BCUT2D eigenvalue weighted by molar-refractivity contribution is -0.383. The van der Waals surface area contributed by atoms with Gasteiger partial charge in [-0.1, -0.05) is 12.1 Å². The van der Waals surface area contributed by atoms with Crippen LogP contribution in [-0.4, -0.2) is 20.5 Å². The molecule has 2 aromatic carbocycles. The Balaban J connectivity index is 1.90. The summed E-state index contributed by atoms with van der Waals surface area (Å²) in [6.45, 7) is 5.71. The summed E-state index contributed by atoms with van der Waals surface area (Å²) in [5.41, 5.74) is -1.54. The maximum Gasteiger partial charge on any atom is 0.421 e. The maximum atomic E-state index is 13.5. The zero-order valence-electron chi connectivity index (χ0n) is 17.4. The highest BCUT2D eigenvalue weighted by Crippen LogP contribution is 2.37. The van der Waals surface area contributed by atoms with Gasteiger partial charge in [0.25, 0.3) is 5.69 Å². The van der Waals surface area contributed by atoms with E-state index >= 15 is 0 Å². The van der Waals surface area contributed by atoms with Gasteiger partial charge in [-0.2, -0.15) is 18.2 Å². The van der Waals surface area contributed by atoms with E-state index in [-0.39, 0.29) is 22.9 Å². The summed E-state index contributed by atoms with van der Waals surface area (Å²) in [5, 5.41) is 16.4. The van der Waals surface area contributed by atoms with E-state index in [0.29, 0.717) is 17.6 Å². The smallest absolute Gasteiger partial charge is 0.421 e. The van der Waals surface area contributed by atoms with Crippen LogP contribution in [0.25, 0.3) is 0 Å². The normalized spacial score (nSPS) is 11.7. The van der Waals surface area contributed by atoms with Gasteiger partial charge in [0.15, 0.2) is 0 Å². The molecular weight excluding hydrogens is 427 g/mol. The summed E-state index contributed by atoms with van der Waals surface area (Å²) < 4.78 is 46.1. The minimum Gasteiger partial charge on any atom is -0.488 e. The Labute approximate surface area is 181 Å². The van der Waals surface area contributed by atoms with E-state index < -0.39 is 22.5 Å². The molecule has 8 nitrogen and oxygen atoms in total. The van der Waals surface area contributed by atoms with E-state index in [0.717, 1.165) is 0 Å². The molecule has 1 aromatic heterocycles. The molecule has 0 aliphatic heterocycles. The summed E-state index contributed by atoms with van der Waals surface area (Å²) in [5.74, 6) is -0.115. The largest absolute Gasteiger partial charge is 0.488 e. The van der Waals surface area contributed by atoms with Crippen molar-refractivity contribution in [2.24, 2.45) is 0 Å². The van der Waals surface area contributed by atoms with Crippen LogP contribution in [0.2, 0.25) is 0 Å². The van der Waals surface area contributed by atoms with E-state index in [1.807, 2.05) is 20.8 Å². The summed E-state index contributed by atoms with van der Waals surface area (Å²) in [6, 6.07) is 12.1. The fourth-order valence-electron chi connectivity index (χ4n) is 2.70. The molecule has 11 heteroatoms. The minimum atomic E-state index is -4.77. The van der Waals surface area contributed by atoms with Gasteiger partial charge in [0.2, 0.25) is 5.95 Å². The second kappa shape index (κ2) is 8.69. The van der Waals surface area contributed by atoms with Crippen LogP contribution in [0.1, 0.15) is 26.3 Å². The number of alkyl halides is 3. The topological polar surface area (TPSA) is 102 Å². The molecule has 3 rings (SSSR count). The molecule has 0 bridgehead atoms. The second-order valence-corrected chi connectivity index (χ2v) is 7.72. The van der Waals surface area contributed by atoms with Gasteiger partial charge in [-0.25, -0.2) is 4.98 Å². The predicted octanol–water partition coefficient (Wildman–Crippen LogP) is 6.07. The van der Waals surface area contributed by atoms with Gasteiger partial charge in [0, 0.05) is 18.0 Å². The van der Waals surface area contributed by atoms with Gasteiger partial charge in [-0.05, 0) is 51.1 Å². The third-order valence-electron chi connectivity index (χ3n) is 3.98.